The van der Waals surface area contributed by atoms with Gasteiger partial charge in [-0.3, -0.25) is 4.98 Å². The smallest absolute Gasteiger partial charge is 0.101 e. The topological polar surface area (TPSA) is 62.7 Å². The van der Waals surface area contributed by atoms with Gasteiger partial charge < -0.3 is 5.73 Å². The van der Waals surface area contributed by atoms with Crippen LogP contribution in [0, 0.1) is 11.3 Å². The number of nitrogens with two attached hydrogens (primary N) is 1. The van der Waals surface area contributed by atoms with Crippen molar-refractivity contribution in [2.24, 2.45) is 0 Å². The van der Waals surface area contributed by atoms with Crippen LogP contribution in [-0.2, 0) is 0 Å². The first-order valence-corrected chi connectivity index (χ1v) is 3.85. The first-order chi connectivity index (χ1) is 6.29. The molecule has 0 fully saturated rings. The highest BCUT2D eigenvalue weighted by Gasteiger charge is 1.96. The van der Waals surface area contributed by atoms with E-state index in [2.05, 4.69) is 4.98 Å². The van der Waals surface area contributed by atoms with Crippen molar-refractivity contribution in [2.75, 3.05) is 5.73 Å². The molecule has 0 radical (unpaired) electrons. The van der Waals surface area contributed by atoms with Crippen molar-refractivity contribution >= 4 is 16.6 Å². The van der Waals surface area contributed by atoms with E-state index in [1.807, 2.05) is 12.1 Å². The van der Waals surface area contributed by atoms with Gasteiger partial charge in [-0.05, 0) is 18.2 Å². The molecule has 3 nitrogen and oxygen atoms in total. The third-order valence-corrected chi connectivity index (χ3v) is 1.84. The van der Waals surface area contributed by atoms with E-state index >= 15 is 0 Å². The van der Waals surface area contributed by atoms with Crippen LogP contribution in [-0.4, -0.2) is 4.98 Å². The summed E-state index contributed by atoms with van der Waals surface area (Å²) in [7, 11) is 0. The number of hydrogen-bond acceptors (Lipinski definition) is 3. The van der Waals surface area contributed by atoms with E-state index in [0.29, 0.717) is 11.3 Å². The summed E-state index contributed by atoms with van der Waals surface area (Å²) in [5, 5.41) is 9.58. The van der Waals surface area contributed by atoms with Crippen molar-refractivity contribution in [1.29, 1.82) is 5.26 Å². The lowest BCUT2D eigenvalue weighted by Gasteiger charge is -1.97. The number of anilines is 1. The van der Waals surface area contributed by atoms with Gasteiger partial charge in [-0.25, -0.2) is 0 Å². The highest BCUT2D eigenvalue weighted by Crippen LogP contribution is 2.15. The quantitative estimate of drug-likeness (QED) is 0.610. The Labute approximate surface area is 75.4 Å². The van der Waals surface area contributed by atoms with Crippen LogP contribution in [0.3, 0.4) is 0 Å². The maximum Gasteiger partial charge on any atom is 0.101 e. The number of nitriles is 1. The van der Waals surface area contributed by atoms with Crippen molar-refractivity contribution in [3.63, 3.8) is 0 Å². The zero-order valence-corrected chi connectivity index (χ0v) is 6.86. The number of benzene rings is 1. The van der Waals surface area contributed by atoms with E-state index < -0.39 is 0 Å². The summed E-state index contributed by atoms with van der Waals surface area (Å²) in [5.74, 6) is 0. The minimum atomic E-state index is 0.567. The maximum atomic E-state index is 8.64. The van der Waals surface area contributed by atoms with Crippen LogP contribution >= 0.6 is 0 Å². The predicted molar refractivity (Wildman–Crippen MR) is 50.9 cm³/mol. The molecule has 0 saturated heterocycles. The van der Waals surface area contributed by atoms with E-state index in [-0.39, 0.29) is 0 Å². The Bertz CT molecular complexity index is 497. The van der Waals surface area contributed by atoms with Gasteiger partial charge in [-0.15, -0.1) is 0 Å². The number of nitrogens with zero attached hydrogens (tertiary/aromatic N) is 2. The molecule has 0 bridgehead atoms. The zero-order chi connectivity index (χ0) is 9.26. The van der Waals surface area contributed by atoms with Gasteiger partial charge in [0.1, 0.15) is 6.07 Å². The largest absolute Gasteiger partial charge is 0.399 e. The number of rotatable bonds is 0. The molecule has 0 aliphatic rings. The summed E-state index contributed by atoms with van der Waals surface area (Å²) in [6, 6.07) is 9.28. The molecule has 0 spiro atoms. The molecule has 1 aromatic heterocycles. The van der Waals surface area contributed by atoms with Crippen molar-refractivity contribution < 1.29 is 0 Å². The fourth-order valence-electron chi connectivity index (χ4n) is 1.20. The molecule has 0 saturated carbocycles. The zero-order valence-electron chi connectivity index (χ0n) is 6.86. The highest BCUT2D eigenvalue weighted by molar-refractivity contribution is 5.82. The average Bonchev–Trinajstić information content (AvgIpc) is 2.17. The van der Waals surface area contributed by atoms with Gasteiger partial charge in [0.15, 0.2) is 0 Å². The molecule has 1 aromatic carbocycles. The van der Waals surface area contributed by atoms with Crippen LogP contribution in [0.2, 0.25) is 0 Å². The van der Waals surface area contributed by atoms with Gasteiger partial charge in [0.25, 0.3) is 0 Å². The molecule has 2 rings (SSSR count). The van der Waals surface area contributed by atoms with E-state index in [0.717, 1.165) is 10.9 Å². The number of hydrogen-bond donors (Lipinski definition) is 1. The second-order valence-electron chi connectivity index (χ2n) is 2.79. The van der Waals surface area contributed by atoms with Gasteiger partial charge in [-0.2, -0.15) is 5.26 Å². The Morgan fingerprint density at radius 3 is 2.92 bits per heavy atom. The molecule has 2 N–H and O–H groups in total. The molecule has 0 aliphatic heterocycles. The average molecular weight is 169 g/mol. The third kappa shape index (κ3) is 1.30. The molecule has 62 valence electrons. The van der Waals surface area contributed by atoms with Crippen LogP contribution in [0.5, 0.6) is 0 Å². The molecule has 0 atom stereocenters. The predicted octanol–water partition coefficient (Wildman–Crippen LogP) is 1.69. The first kappa shape index (κ1) is 7.56. The Balaban J connectivity index is 2.75. The number of nitrogen functional groups attached to an aromatic ring is 1. The minimum Gasteiger partial charge on any atom is -0.399 e. The lowest BCUT2D eigenvalue weighted by atomic mass is 10.1. The SMILES string of the molecule is N#Cc1cnc2cc(N)ccc2c1. The van der Waals surface area contributed by atoms with E-state index in [1.165, 1.54) is 0 Å². The van der Waals surface area contributed by atoms with Gasteiger partial charge in [0.05, 0.1) is 11.1 Å². The van der Waals surface area contributed by atoms with Crippen molar-refractivity contribution in [1.82, 2.24) is 4.98 Å². The van der Waals surface area contributed by atoms with Crippen molar-refractivity contribution in [3.05, 3.63) is 36.0 Å². The normalized spacial score (nSPS) is 9.77. The molecular weight excluding hydrogens is 162 g/mol. The van der Waals surface area contributed by atoms with Crippen LogP contribution in [0.4, 0.5) is 5.69 Å². The molecular formula is C10H7N3. The van der Waals surface area contributed by atoms with Crippen molar-refractivity contribution in [3.8, 4) is 6.07 Å². The highest BCUT2D eigenvalue weighted by atomic mass is 14.7. The molecule has 1 heterocycles. The molecule has 0 unspecified atom stereocenters. The summed E-state index contributed by atoms with van der Waals surface area (Å²) in [4.78, 5) is 4.11. The Kier molecular flexibility index (Phi) is 1.60. The van der Waals surface area contributed by atoms with Gasteiger partial charge in [0, 0.05) is 17.3 Å². The second kappa shape index (κ2) is 2.76. The summed E-state index contributed by atoms with van der Waals surface area (Å²) < 4.78 is 0. The summed E-state index contributed by atoms with van der Waals surface area (Å²) >= 11 is 0. The Hall–Kier alpha value is -2.08. The molecule has 0 aliphatic carbocycles. The van der Waals surface area contributed by atoms with E-state index in [9.17, 15) is 0 Å². The summed E-state index contributed by atoms with van der Waals surface area (Å²) in [6.45, 7) is 0. The molecule has 3 heteroatoms. The Morgan fingerprint density at radius 2 is 2.15 bits per heavy atom. The summed E-state index contributed by atoms with van der Waals surface area (Å²) in [5.41, 5.74) is 7.66. The van der Waals surface area contributed by atoms with Crippen LogP contribution in [0.1, 0.15) is 5.56 Å². The fourth-order valence-corrected chi connectivity index (χ4v) is 1.20. The standard InChI is InChI=1S/C10H7N3/c11-5-7-3-8-1-2-9(12)4-10(8)13-6-7/h1-4,6H,12H2. The lowest BCUT2D eigenvalue weighted by molar-refractivity contribution is 1.37. The summed E-state index contributed by atoms with van der Waals surface area (Å²) in [6.07, 6.45) is 1.54. The van der Waals surface area contributed by atoms with Crippen LogP contribution in [0.25, 0.3) is 10.9 Å². The number of aromatic nitrogens is 1. The lowest BCUT2D eigenvalue weighted by Crippen LogP contribution is -1.86. The number of fused-ring (bicyclic) bond motifs is 1. The van der Waals surface area contributed by atoms with Gasteiger partial charge >= 0.3 is 0 Å². The van der Waals surface area contributed by atoms with Crippen LogP contribution in [0.15, 0.2) is 30.5 Å². The molecule has 13 heavy (non-hydrogen) atoms. The molecule has 2 aromatic rings. The van der Waals surface area contributed by atoms with Gasteiger partial charge in [0.2, 0.25) is 0 Å². The monoisotopic (exact) mass is 169 g/mol. The minimum absolute atomic E-state index is 0.567. The number of pyridine rings is 1. The van der Waals surface area contributed by atoms with E-state index in [1.54, 1.807) is 24.4 Å². The van der Waals surface area contributed by atoms with Gasteiger partial charge in [-0.1, -0.05) is 6.07 Å². The van der Waals surface area contributed by atoms with Crippen LogP contribution < -0.4 is 5.73 Å². The third-order valence-electron chi connectivity index (χ3n) is 1.84. The fraction of sp³-hybridized carbons (Fsp3) is 0. The second-order valence-corrected chi connectivity index (χ2v) is 2.79. The van der Waals surface area contributed by atoms with Crippen molar-refractivity contribution in [2.45, 2.75) is 0 Å². The maximum absolute atomic E-state index is 8.64. The van der Waals surface area contributed by atoms with E-state index in [4.69, 9.17) is 11.0 Å². The molecule has 0 amide bonds. The first-order valence-electron chi connectivity index (χ1n) is 3.85. The Morgan fingerprint density at radius 1 is 1.31 bits per heavy atom.